The van der Waals surface area contributed by atoms with Gasteiger partial charge in [0.15, 0.2) is 0 Å². The van der Waals surface area contributed by atoms with E-state index in [0.29, 0.717) is 13.1 Å². The van der Waals surface area contributed by atoms with Gasteiger partial charge in [-0.2, -0.15) is 0 Å². The van der Waals surface area contributed by atoms with Gasteiger partial charge in [0.25, 0.3) is 0 Å². The van der Waals surface area contributed by atoms with Gasteiger partial charge in [-0.15, -0.1) is 0 Å². The molecule has 1 rings (SSSR count). The molecule has 0 aliphatic carbocycles. The highest BCUT2D eigenvalue weighted by Gasteiger charge is 2.13. The van der Waals surface area contributed by atoms with Crippen molar-refractivity contribution in [1.29, 1.82) is 0 Å². The predicted octanol–water partition coefficient (Wildman–Crippen LogP) is 2.38. The maximum atomic E-state index is 11.0. The third-order valence-electron chi connectivity index (χ3n) is 2.89. The van der Waals surface area contributed by atoms with Crippen LogP contribution in [0, 0.1) is 6.92 Å². The average Bonchev–Trinajstić information content (AvgIpc) is 2.35. The summed E-state index contributed by atoms with van der Waals surface area (Å²) >= 11 is 0. The molecule has 0 aromatic heterocycles. The molecular weight excluding hydrogens is 246 g/mol. The first-order valence-electron chi connectivity index (χ1n) is 6.26. The third kappa shape index (κ3) is 4.28. The van der Waals surface area contributed by atoms with Gasteiger partial charge in [0.05, 0.1) is 12.0 Å². The summed E-state index contributed by atoms with van der Waals surface area (Å²) in [5.74, 6) is -1.83. The SMILES string of the molecule is CCCN(CCC(=O)O)c1cc(C(=O)O)ccc1C. The molecule has 0 saturated carbocycles. The Morgan fingerprint density at radius 1 is 1.21 bits per heavy atom. The Morgan fingerprint density at radius 3 is 2.42 bits per heavy atom. The lowest BCUT2D eigenvalue weighted by atomic mass is 10.1. The second kappa shape index (κ2) is 6.78. The molecule has 0 amide bonds. The predicted molar refractivity (Wildman–Crippen MR) is 72.9 cm³/mol. The van der Waals surface area contributed by atoms with Crippen LogP contribution in [0.1, 0.15) is 35.7 Å². The van der Waals surface area contributed by atoms with Gasteiger partial charge in [-0.1, -0.05) is 13.0 Å². The summed E-state index contributed by atoms with van der Waals surface area (Å²) in [5, 5.41) is 17.8. The van der Waals surface area contributed by atoms with Crippen LogP contribution in [0.3, 0.4) is 0 Å². The van der Waals surface area contributed by atoms with Gasteiger partial charge in [-0.05, 0) is 31.0 Å². The zero-order valence-electron chi connectivity index (χ0n) is 11.2. The number of carbonyl (C=O) groups is 2. The van der Waals surface area contributed by atoms with E-state index in [4.69, 9.17) is 10.2 Å². The fourth-order valence-corrected chi connectivity index (χ4v) is 1.94. The van der Waals surface area contributed by atoms with E-state index in [9.17, 15) is 9.59 Å². The number of rotatable bonds is 7. The summed E-state index contributed by atoms with van der Waals surface area (Å²) in [7, 11) is 0. The second-order valence-electron chi connectivity index (χ2n) is 4.44. The standard InChI is InChI=1S/C14H19NO4/c1-3-7-15(8-6-13(16)17)12-9-11(14(18)19)5-4-10(12)2/h4-5,9H,3,6-8H2,1-2H3,(H,16,17)(H,18,19). The molecule has 0 aliphatic rings. The first-order valence-corrected chi connectivity index (χ1v) is 6.26. The van der Waals surface area contributed by atoms with Crippen LogP contribution in [-0.4, -0.2) is 35.2 Å². The van der Waals surface area contributed by atoms with E-state index >= 15 is 0 Å². The Morgan fingerprint density at radius 2 is 1.89 bits per heavy atom. The molecule has 0 radical (unpaired) electrons. The largest absolute Gasteiger partial charge is 0.481 e. The fourth-order valence-electron chi connectivity index (χ4n) is 1.94. The number of hydrogen-bond donors (Lipinski definition) is 2. The van der Waals surface area contributed by atoms with Crippen LogP contribution in [0.4, 0.5) is 5.69 Å². The number of carboxylic acids is 2. The summed E-state index contributed by atoms with van der Waals surface area (Å²) in [5.41, 5.74) is 1.96. The van der Waals surface area contributed by atoms with E-state index in [0.717, 1.165) is 17.7 Å². The monoisotopic (exact) mass is 265 g/mol. The molecule has 19 heavy (non-hydrogen) atoms. The molecule has 0 bridgehead atoms. The Balaban J connectivity index is 3.02. The third-order valence-corrected chi connectivity index (χ3v) is 2.89. The van der Waals surface area contributed by atoms with Gasteiger partial charge in [0.1, 0.15) is 0 Å². The van der Waals surface area contributed by atoms with Gasteiger partial charge < -0.3 is 15.1 Å². The van der Waals surface area contributed by atoms with Crippen LogP contribution < -0.4 is 4.90 Å². The molecule has 5 heteroatoms. The molecule has 0 heterocycles. The van der Waals surface area contributed by atoms with Gasteiger partial charge in [-0.25, -0.2) is 4.79 Å². The van der Waals surface area contributed by atoms with E-state index in [1.807, 2.05) is 18.7 Å². The van der Waals surface area contributed by atoms with E-state index in [2.05, 4.69) is 0 Å². The van der Waals surface area contributed by atoms with Gasteiger partial charge in [-0.3, -0.25) is 4.79 Å². The number of hydrogen-bond acceptors (Lipinski definition) is 3. The Kier molecular flexibility index (Phi) is 5.36. The highest BCUT2D eigenvalue weighted by atomic mass is 16.4. The van der Waals surface area contributed by atoms with Crippen molar-refractivity contribution in [3.8, 4) is 0 Å². The van der Waals surface area contributed by atoms with Gasteiger partial charge >= 0.3 is 11.9 Å². The maximum absolute atomic E-state index is 11.0. The van der Waals surface area contributed by atoms with E-state index in [1.165, 1.54) is 0 Å². The molecule has 0 aliphatic heterocycles. The number of benzene rings is 1. The summed E-state index contributed by atoms with van der Waals surface area (Å²) in [6.07, 6.45) is 0.910. The lowest BCUT2D eigenvalue weighted by Gasteiger charge is -2.25. The minimum Gasteiger partial charge on any atom is -0.481 e. The van der Waals surface area contributed by atoms with E-state index < -0.39 is 11.9 Å². The van der Waals surface area contributed by atoms with Crippen molar-refractivity contribution >= 4 is 17.6 Å². The van der Waals surface area contributed by atoms with Crippen molar-refractivity contribution in [2.24, 2.45) is 0 Å². The first kappa shape index (κ1) is 15.0. The van der Waals surface area contributed by atoms with Crippen molar-refractivity contribution in [2.45, 2.75) is 26.7 Å². The molecule has 0 fully saturated rings. The quantitative estimate of drug-likeness (QED) is 0.791. The van der Waals surface area contributed by atoms with Gasteiger partial charge in [0, 0.05) is 18.8 Å². The van der Waals surface area contributed by atoms with Crippen molar-refractivity contribution in [3.63, 3.8) is 0 Å². The Bertz CT molecular complexity index is 471. The maximum Gasteiger partial charge on any atom is 0.335 e. The first-order chi connectivity index (χ1) is 8.95. The minimum atomic E-state index is -0.976. The molecular formula is C14H19NO4. The minimum absolute atomic E-state index is 0.0384. The normalized spacial score (nSPS) is 10.2. The summed E-state index contributed by atoms with van der Waals surface area (Å²) < 4.78 is 0. The summed E-state index contributed by atoms with van der Waals surface area (Å²) in [4.78, 5) is 23.6. The molecule has 1 aromatic carbocycles. The molecule has 0 unspecified atom stereocenters. The number of aromatic carboxylic acids is 1. The highest BCUT2D eigenvalue weighted by molar-refractivity contribution is 5.89. The van der Waals surface area contributed by atoms with Crippen LogP contribution in [0.15, 0.2) is 18.2 Å². The highest BCUT2D eigenvalue weighted by Crippen LogP contribution is 2.22. The Hall–Kier alpha value is -2.04. The molecule has 0 spiro atoms. The number of anilines is 1. The van der Waals surface area contributed by atoms with Crippen molar-refractivity contribution in [1.82, 2.24) is 0 Å². The van der Waals surface area contributed by atoms with Crippen molar-refractivity contribution < 1.29 is 19.8 Å². The molecule has 0 atom stereocenters. The zero-order chi connectivity index (χ0) is 14.4. The molecule has 104 valence electrons. The van der Waals surface area contributed by atoms with Crippen LogP contribution in [0.25, 0.3) is 0 Å². The van der Waals surface area contributed by atoms with Crippen LogP contribution >= 0.6 is 0 Å². The van der Waals surface area contributed by atoms with Gasteiger partial charge in [0.2, 0.25) is 0 Å². The topological polar surface area (TPSA) is 77.8 Å². The lowest BCUT2D eigenvalue weighted by molar-refractivity contribution is -0.136. The summed E-state index contributed by atoms with van der Waals surface area (Å²) in [6, 6.07) is 4.92. The second-order valence-corrected chi connectivity index (χ2v) is 4.44. The molecule has 2 N–H and O–H groups in total. The van der Waals surface area contributed by atoms with E-state index in [1.54, 1.807) is 18.2 Å². The Labute approximate surface area is 112 Å². The van der Waals surface area contributed by atoms with Crippen LogP contribution in [-0.2, 0) is 4.79 Å². The molecule has 1 aromatic rings. The number of aryl methyl sites for hydroxylation is 1. The fraction of sp³-hybridized carbons (Fsp3) is 0.429. The summed E-state index contributed by atoms with van der Waals surface area (Å²) in [6.45, 7) is 4.98. The number of carboxylic acid groups (broad SMARTS) is 2. The smallest absolute Gasteiger partial charge is 0.335 e. The molecule has 0 saturated heterocycles. The lowest BCUT2D eigenvalue weighted by Crippen LogP contribution is -2.27. The van der Waals surface area contributed by atoms with Crippen molar-refractivity contribution in [2.75, 3.05) is 18.0 Å². The molecule has 5 nitrogen and oxygen atoms in total. The van der Waals surface area contributed by atoms with Crippen LogP contribution in [0.5, 0.6) is 0 Å². The van der Waals surface area contributed by atoms with Crippen molar-refractivity contribution in [3.05, 3.63) is 29.3 Å². The zero-order valence-corrected chi connectivity index (χ0v) is 11.2. The van der Waals surface area contributed by atoms with E-state index in [-0.39, 0.29) is 12.0 Å². The number of nitrogens with zero attached hydrogens (tertiary/aromatic N) is 1. The average molecular weight is 265 g/mol. The van der Waals surface area contributed by atoms with Crippen LogP contribution in [0.2, 0.25) is 0 Å². The number of aliphatic carboxylic acids is 1.